The van der Waals surface area contributed by atoms with Crippen LogP contribution in [0.25, 0.3) is 0 Å². The summed E-state index contributed by atoms with van der Waals surface area (Å²) in [5.41, 5.74) is 3.21. The molecule has 2 N–H and O–H groups in total. The molecule has 0 amide bonds. The first kappa shape index (κ1) is 13.7. The number of carbonyl (C=O) groups is 1. The van der Waals surface area contributed by atoms with Crippen LogP contribution in [-0.2, 0) is 6.54 Å². The summed E-state index contributed by atoms with van der Waals surface area (Å²) in [5.74, 6) is -0.970. The van der Waals surface area contributed by atoms with Gasteiger partial charge in [0.25, 0.3) is 0 Å². The second kappa shape index (κ2) is 5.95. The topological polar surface area (TPSA) is 62.2 Å². The van der Waals surface area contributed by atoms with E-state index in [1.807, 2.05) is 0 Å². The molecular formula is C14H16N2O2S. The van der Waals surface area contributed by atoms with Crippen molar-refractivity contribution in [3.8, 4) is 0 Å². The van der Waals surface area contributed by atoms with Gasteiger partial charge in [-0.15, -0.1) is 11.3 Å². The Hall–Kier alpha value is -1.72. The molecule has 0 saturated heterocycles. The van der Waals surface area contributed by atoms with E-state index < -0.39 is 5.97 Å². The third kappa shape index (κ3) is 3.62. The van der Waals surface area contributed by atoms with Gasteiger partial charge in [0, 0.05) is 18.0 Å². The van der Waals surface area contributed by atoms with Crippen molar-refractivity contribution in [1.82, 2.24) is 10.3 Å². The number of thiazole rings is 1. The summed E-state index contributed by atoms with van der Waals surface area (Å²) in [5, 5.41) is 14.1. The molecule has 0 aliphatic rings. The minimum atomic E-state index is -0.970. The van der Waals surface area contributed by atoms with Crippen molar-refractivity contribution in [2.45, 2.75) is 26.4 Å². The summed E-state index contributed by atoms with van der Waals surface area (Å²) >= 11 is 1.16. The van der Waals surface area contributed by atoms with Gasteiger partial charge in [-0.2, -0.15) is 0 Å². The molecule has 1 aromatic carbocycles. The molecule has 4 nitrogen and oxygen atoms in total. The third-order valence-electron chi connectivity index (χ3n) is 2.90. The molecule has 0 saturated carbocycles. The minimum Gasteiger partial charge on any atom is -0.476 e. The molecular weight excluding hydrogens is 260 g/mol. The molecule has 0 spiro atoms. The van der Waals surface area contributed by atoms with E-state index in [1.165, 1.54) is 11.1 Å². The van der Waals surface area contributed by atoms with E-state index in [0.29, 0.717) is 6.54 Å². The second-order valence-electron chi connectivity index (χ2n) is 4.46. The Morgan fingerprint density at radius 1 is 1.42 bits per heavy atom. The van der Waals surface area contributed by atoms with Crippen molar-refractivity contribution in [3.05, 3.63) is 51.5 Å². The van der Waals surface area contributed by atoms with E-state index in [9.17, 15) is 4.79 Å². The van der Waals surface area contributed by atoms with Gasteiger partial charge in [-0.3, -0.25) is 0 Å². The normalized spacial score (nSPS) is 12.3. The maximum Gasteiger partial charge on any atom is 0.365 e. The first-order chi connectivity index (χ1) is 9.06. The molecule has 1 atom stereocenters. The number of aromatic carboxylic acids is 1. The lowest BCUT2D eigenvalue weighted by Crippen LogP contribution is -2.18. The summed E-state index contributed by atoms with van der Waals surface area (Å²) in [6, 6.07) is 8.56. The van der Waals surface area contributed by atoms with Crippen LogP contribution in [0.1, 0.15) is 39.6 Å². The van der Waals surface area contributed by atoms with Crippen LogP contribution < -0.4 is 5.32 Å². The van der Waals surface area contributed by atoms with Crippen LogP contribution in [0.5, 0.6) is 0 Å². The highest BCUT2D eigenvalue weighted by Gasteiger charge is 2.10. The molecule has 2 rings (SSSR count). The van der Waals surface area contributed by atoms with E-state index in [2.05, 4.69) is 48.4 Å². The molecule has 0 aliphatic heterocycles. The Morgan fingerprint density at radius 3 is 2.68 bits per heavy atom. The number of rotatable bonds is 5. The van der Waals surface area contributed by atoms with Crippen molar-refractivity contribution < 1.29 is 9.90 Å². The lowest BCUT2D eigenvalue weighted by Gasteiger charge is -2.13. The molecule has 0 unspecified atom stereocenters. The van der Waals surface area contributed by atoms with E-state index in [4.69, 9.17) is 5.11 Å². The number of nitrogens with zero attached hydrogens (tertiary/aromatic N) is 1. The summed E-state index contributed by atoms with van der Waals surface area (Å²) in [6.07, 6.45) is 0. The van der Waals surface area contributed by atoms with Crippen LogP contribution >= 0.6 is 11.3 Å². The average Bonchev–Trinajstić information content (AvgIpc) is 2.86. The van der Waals surface area contributed by atoms with Crippen LogP contribution in [0.2, 0.25) is 0 Å². The number of hydrogen-bond acceptors (Lipinski definition) is 4. The van der Waals surface area contributed by atoms with Crippen molar-refractivity contribution in [2.24, 2.45) is 0 Å². The fraction of sp³-hybridized carbons (Fsp3) is 0.286. The second-order valence-corrected chi connectivity index (χ2v) is 5.32. The average molecular weight is 276 g/mol. The fourth-order valence-corrected chi connectivity index (χ4v) is 2.37. The third-order valence-corrected chi connectivity index (χ3v) is 3.78. The van der Waals surface area contributed by atoms with Gasteiger partial charge in [-0.25, -0.2) is 9.78 Å². The van der Waals surface area contributed by atoms with Gasteiger partial charge in [0.2, 0.25) is 5.01 Å². The number of aryl methyl sites for hydroxylation is 1. The van der Waals surface area contributed by atoms with Crippen molar-refractivity contribution in [2.75, 3.05) is 0 Å². The minimum absolute atomic E-state index is 0.139. The molecule has 1 aromatic heterocycles. The largest absolute Gasteiger partial charge is 0.476 e. The van der Waals surface area contributed by atoms with Crippen LogP contribution in [0.3, 0.4) is 0 Å². The van der Waals surface area contributed by atoms with Crippen LogP contribution in [0.4, 0.5) is 0 Å². The molecule has 0 bridgehead atoms. The molecule has 1 heterocycles. The fourth-order valence-electron chi connectivity index (χ4n) is 1.72. The molecule has 0 aliphatic carbocycles. The molecule has 0 fully saturated rings. The quantitative estimate of drug-likeness (QED) is 0.881. The number of carboxylic acid groups (broad SMARTS) is 1. The summed E-state index contributed by atoms with van der Waals surface area (Å²) in [4.78, 5) is 14.8. The Kier molecular flexibility index (Phi) is 4.29. The van der Waals surface area contributed by atoms with E-state index in [0.717, 1.165) is 17.0 Å². The lowest BCUT2D eigenvalue weighted by atomic mass is 10.1. The van der Waals surface area contributed by atoms with E-state index in [1.54, 1.807) is 5.38 Å². The van der Waals surface area contributed by atoms with Crippen LogP contribution in [-0.4, -0.2) is 16.1 Å². The van der Waals surface area contributed by atoms with Gasteiger partial charge in [-0.05, 0) is 19.4 Å². The number of hydrogen-bond donors (Lipinski definition) is 2. The molecule has 2 aromatic rings. The van der Waals surface area contributed by atoms with Gasteiger partial charge in [-0.1, -0.05) is 29.8 Å². The summed E-state index contributed by atoms with van der Waals surface area (Å²) in [6.45, 7) is 4.71. The number of carboxylic acids is 1. The lowest BCUT2D eigenvalue weighted by molar-refractivity contribution is 0.0696. The molecule has 0 radical (unpaired) electrons. The Labute approximate surface area is 116 Å². The van der Waals surface area contributed by atoms with E-state index >= 15 is 0 Å². The first-order valence-corrected chi connectivity index (χ1v) is 6.92. The summed E-state index contributed by atoms with van der Waals surface area (Å²) in [7, 11) is 0. The SMILES string of the molecule is Cc1ccc([C@@H](C)NCc2csc(C(=O)O)n2)cc1. The highest BCUT2D eigenvalue weighted by atomic mass is 32.1. The van der Waals surface area contributed by atoms with Gasteiger partial charge >= 0.3 is 5.97 Å². The first-order valence-electron chi connectivity index (χ1n) is 6.04. The highest BCUT2D eigenvalue weighted by molar-refractivity contribution is 7.11. The van der Waals surface area contributed by atoms with Gasteiger partial charge in [0.05, 0.1) is 5.69 Å². The zero-order valence-corrected chi connectivity index (χ0v) is 11.7. The number of nitrogens with one attached hydrogen (secondary N) is 1. The zero-order valence-electron chi connectivity index (χ0n) is 10.9. The van der Waals surface area contributed by atoms with Crippen molar-refractivity contribution >= 4 is 17.3 Å². The molecule has 19 heavy (non-hydrogen) atoms. The predicted octanol–water partition coefficient (Wildman–Crippen LogP) is 3.00. The Morgan fingerprint density at radius 2 is 2.11 bits per heavy atom. The van der Waals surface area contributed by atoms with Gasteiger partial charge in [0.1, 0.15) is 0 Å². The van der Waals surface area contributed by atoms with Gasteiger partial charge < -0.3 is 10.4 Å². The maximum absolute atomic E-state index is 10.7. The predicted molar refractivity (Wildman–Crippen MR) is 75.5 cm³/mol. The van der Waals surface area contributed by atoms with Crippen LogP contribution in [0.15, 0.2) is 29.6 Å². The summed E-state index contributed by atoms with van der Waals surface area (Å²) < 4.78 is 0. The monoisotopic (exact) mass is 276 g/mol. The molecule has 100 valence electrons. The highest BCUT2D eigenvalue weighted by Crippen LogP contribution is 2.15. The number of aromatic nitrogens is 1. The van der Waals surface area contributed by atoms with Crippen molar-refractivity contribution in [3.63, 3.8) is 0 Å². The van der Waals surface area contributed by atoms with Gasteiger partial charge in [0.15, 0.2) is 0 Å². The van der Waals surface area contributed by atoms with Crippen LogP contribution in [0, 0.1) is 6.92 Å². The maximum atomic E-state index is 10.7. The zero-order chi connectivity index (χ0) is 13.8. The molecule has 5 heteroatoms. The Balaban J connectivity index is 1.94. The van der Waals surface area contributed by atoms with E-state index in [-0.39, 0.29) is 11.0 Å². The number of benzene rings is 1. The van der Waals surface area contributed by atoms with Crippen molar-refractivity contribution in [1.29, 1.82) is 0 Å². The standard InChI is InChI=1S/C14H16N2O2S/c1-9-3-5-11(6-4-9)10(2)15-7-12-8-19-13(16-12)14(17)18/h3-6,8,10,15H,7H2,1-2H3,(H,17,18)/t10-/m1/s1. The Bertz CT molecular complexity index is 563. The smallest absolute Gasteiger partial charge is 0.365 e.